The van der Waals surface area contributed by atoms with Gasteiger partial charge in [-0.2, -0.15) is 5.26 Å². The Labute approximate surface area is 170 Å². The van der Waals surface area contributed by atoms with Crippen molar-refractivity contribution in [2.45, 2.75) is 11.8 Å². The van der Waals surface area contributed by atoms with Crippen LogP contribution in [0.2, 0.25) is 10.0 Å². The van der Waals surface area contributed by atoms with E-state index in [1.807, 2.05) is 6.07 Å². The maximum atomic E-state index is 12.0. The number of urea groups is 1. The van der Waals surface area contributed by atoms with Gasteiger partial charge in [0, 0.05) is 23.2 Å². The lowest BCUT2D eigenvalue weighted by Gasteiger charge is -2.11. The Bertz CT molecular complexity index is 862. The van der Waals surface area contributed by atoms with Crippen molar-refractivity contribution in [2.75, 3.05) is 17.2 Å². The van der Waals surface area contributed by atoms with Gasteiger partial charge in [0.05, 0.1) is 10.0 Å². The van der Waals surface area contributed by atoms with E-state index in [0.717, 1.165) is 11.9 Å². The molecule has 10 heteroatoms. The van der Waals surface area contributed by atoms with Crippen molar-refractivity contribution in [3.63, 3.8) is 0 Å². The Morgan fingerprint density at radius 1 is 1.11 bits per heavy atom. The van der Waals surface area contributed by atoms with Crippen molar-refractivity contribution in [3.05, 3.63) is 46.4 Å². The predicted molar refractivity (Wildman–Crippen MR) is 106 cm³/mol. The number of carbonyl (C=O) groups is 2. The summed E-state index contributed by atoms with van der Waals surface area (Å²) in [6.07, 6.45) is 0. The Balaban J connectivity index is 1.91. The lowest BCUT2D eigenvalue weighted by molar-refractivity contribution is -0.114. The lowest BCUT2D eigenvalue weighted by atomic mass is 10.3. The molecule has 0 aliphatic rings. The molecular weight excluding hydrogens is 411 g/mol. The molecule has 0 fully saturated rings. The third-order valence-corrected chi connectivity index (χ3v) is 4.30. The van der Waals surface area contributed by atoms with Crippen LogP contribution >= 0.6 is 35.1 Å². The molecule has 3 N–H and O–H groups in total. The summed E-state index contributed by atoms with van der Waals surface area (Å²) in [5.41, 5.74) is 1.18. The smallest absolute Gasteiger partial charge is 0.329 e. The van der Waals surface area contributed by atoms with Gasteiger partial charge in [-0.1, -0.05) is 23.2 Å². The molecule has 0 heterocycles. The molecule has 2 aromatic rings. The van der Waals surface area contributed by atoms with Crippen molar-refractivity contribution in [2.24, 2.45) is 0 Å². The molecular formula is C17H14Cl2N4O3S. The number of nitriles is 1. The van der Waals surface area contributed by atoms with Gasteiger partial charge in [0.2, 0.25) is 5.91 Å². The van der Waals surface area contributed by atoms with Crippen LogP contribution in [0, 0.1) is 11.3 Å². The second-order valence-corrected chi connectivity index (χ2v) is 6.77. The van der Waals surface area contributed by atoms with Gasteiger partial charge in [-0.05, 0) is 48.3 Å². The number of nitrogens with zero attached hydrogens (tertiary/aromatic N) is 1. The zero-order valence-electron chi connectivity index (χ0n) is 14.0. The highest BCUT2D eigenvalue weighted by Crippen LogP contribution is 2.36. The summed E-state index contributed by atoms with van der Waals surface area (Å²) in [4.78, 5) is 23.6. The minimum atomic E-state index is -0.454. The van der Waals surface area contributed by atoms with E-state index in [2.05, 4.69) is 15.4 Å². The first kappa shape index (κ1) is 20.7. The molecule has 0 atom stereocenters. The third-order valence-electron chi connectivity index (χ3n) is 2.98. The molecule has 3 amide bonds. The highest BCUT2D eigenvalue weighted by Gasteiger charge is 2.11. The second-order valence-electron chi connectivity index (χ2n) is 5.08. The van der Waals surface area contributed by atoms with Crippen molar-refractivity contribution in [3.8, 4) is 11.8 Å². The molecule has 0 unspecified atom stereocenters. The van der Waals surface area contributed by atoms with E-state index in [9.17, 15) is 9.59 Å². The fourth-order valence-corrected chi connectivity index (χ4v) is 3.28. The Kier molecular flexibility index (Phi) is 7.61. The predicted octanol–water partition coefficient (Wildman–Crippen LogP) is 4.68. The molecule has 0 bridgehead atoms. The summed E-state index contributed by atoms with van der Waals surface area (Å²) in [6, 6.07) is 11.2. The highest BCUT2D eigenvalue weighted by atomic mass is 35.5. The first-order valence-electron chi connectivity index (χ1n) is 7.49. The Morgan fingerprint density at radius 2 is 1.67 bits per heavy atom. The molecule has 140 valence electrons. The molecule has 0 saturated carbocycles. The number of hydrogen-bond acceptors (Lipinski definition) is 5. The van der Waals surface area contributed by atoms with Gasteiger partial charge in [0.15, 0.2) is 12.4 Å². The summed E-state index contributed by atoms with van der Waals surface area (Å²) < 4.78 is 7.75. The van der Waals surface area contributed by atoms with Crippen LogP contribution in [0.25, 0.3) is 0 Å². The number of anilines is 2. The van der Waals surface area contributed by atoms with Crippen molar-refractivity contribution >= 4 is 58.5 Å². The Hall–Kier alpha value is -2.60. The van der Waals surface area contributed by atoms with Gasteiger partial charge in [-0.3, -0.25) is 9.52 Å². The number of nitrogens with one attached hydrogen (secondary N) is 3. The summed E-state index contributed by atoms with van der Waals surface area (Å²) in [5, 5.41) is 14.3. The molecule has 2 rings (SSSR count). The van der Waals surface area contributed by atoms with Crippen LogP contribution in [0.4, 0.5) is 16.2 Å². The van der Waals surface area contributed by atoms with Crippen LogP contribution in [0.3, 0.4) is 0 Å². The van der Waals surface area contributed by atoms with E-state index in [-0.39, 0.29) is 28.3 Å². The first-order chi connectivity index (χ1) is 12.9. The van der Waals surface area contributed by atoms with Gasteiger partial charge >= 0.3 is 6.03 Å². The number of hydrogen-bond donors (Lipinski definition) is 3. The van der Waals surface area contributed by atoms with Crippen molar-refractivity contribution in [1.82, 2.24) is 4.72 Å². The van der Waals surface area contributed by atoms with E-state index < -0.39 is 6.03 Å². The van der Waals surface area contributed by atoms with Crippen LogP contribution in [0.5, 0.6) is 5.75 Å². The van der Waals surface area contributed by atoms with Crippen LogP contribution in [0.1, 0.15) is 6.92 Å². The van der Waals surface area contributed by atoms with E-state index in [1.54, 1.807) is 36.4 Å². The highest BCUT2D eigenvalue weighted by molar-refractivity contribution is 7.98. The summed E-state index contributed by atoms with van der Waals surface area (Å²) in [5.74, 6) is 0.0409. The fourth-order valence-electron chi connectivity index (χ4n) is 1.94. The quantitative estimate of drug-likeness (QED) is 0.583. The number of ether oxygens (including phenoxy) is 1. The topological polar surface area (TPSA) is 103 Å². The van der Waals surface area contributed by atoms with Crippen LogP contribution < -0.4 is 20.1 Å². The van der Waals surface area contributed by atoms with Crippen LogP contribution in [0.15, 0.2) is 41.3 Å². The maximum Gasteiger partial charge on any atom is 0.329 e. The van der Waals surface area contributed by atoms with E-state index in [0.29, 0.717) is 16.3 Å². The minimum Gasteiger partial charge on any atom is -0.476 e. The molecule has 0 aromatic heterocycles. The average Bonchev–Trinajstić information content (AvgIpc) is 2.60. The minimum absolute atomic E-state index is 0.173. The molecule has 0 saturated heterocycles. The van der Waals surface area contributed by atoms with E-state index in [4.69, 9.17) is 33.2 Å². The monoisotopic (exact) mass is 424 g/mol. The second kappa shape index (κ2) is 9.92. The first-order valence-corrected chi connectivity index (χ1v) is 9.06. The van der Waals surface area contributed by atoms with Gasteiger partial charge in [0.25, 0.3) is 0 Å². The molecule has 0 aliphatic carbocycles. The largest absolute Gasteiger partial charge is 0.476 e. The molecule has 0 aliphatic heterocycles. The van der Waals surface area contributed by atoms with E-state index in [1.165, 1.54) is 6.92 Å². The lowest BCUT2D eigenvalue weighted by Crippen LogP contribution is -2.22. The molecule has 0 spiro atoms. The average molecular weight is 425 g/mol. The van der Waals surface area contributed by atoms with Gasteiger partial charge in [0.1, 0.15) is 6.07 Å². The maximum absolute atomic E-state index is 12.0. The third kappa shape index (κ3) is 6.57. The summed E-state index contributed by atoms with van der Waals surface area (Å²) in [6.45, 7) is 1.24. The Morgan fingerprint density at radius 3 is 2.19 bits per heavy atom. The summed E-state index contributed by atoms with van der Waals surface area (Å²) >= 11 is 13.2. The summed E-state index contributed by atoms with van der Waals surface area (Å²) in [7, 11) is 0. The standard InChI is InChI=1S/C17H14Cl2N4O3S/c1-10(24)21-11-2-4-12(5-3-11)22-17(25)23-27-13-8-14(18)16(15(19)9-13)26-7-6-20/h2-5,8-9H,7H2,1H3,(H,21,24)(H2,22,23,25). The van der Waals surface area contributed by atoms with Gasteiger partial charge < -0.3 is 15.4 Å². The van der Waals surface area contributed by atoms with Crippen LogP contribution in [-0.4, -0.2) is 18.5 Å². The number of halogens is 2. The molecule has 0 radical (unpaired) electrons. The molecule has 2 aromatic carbocycles. The van der Waals surface area contributed by atoms with Crippen molar-refractivity contribution < 1.29 is 14.3 Å². The van der Waals surface area contributed by atoms with E-state index >= 15 is 0 Å². The zero-order chi connectivity index (χ0) is 19.8. The number of carbonyl (C=O) groups excluding carboxylic acids is 2. The normalized spacial score (nSPS) is 9.85. The SMILES string of the molecule is CC(=O)Nc1ccc(NC(=O)NSc2cc(Cl)c(OCC#N)c(Cl)c2)cc1. The van der Waals surface area contributed by atoms with Crippen molar-refractivity contribution in [1.29, 1.82) is 5.26 Å². The number of amides is 3. The van der Waals surface area contributed by atoms with Gasteiger partial charge in [-0.25, -0.2) is 4.79 Å². The number of rotatable bonds is 6. The number of benzene rings is 2. The zero-order valence-corrected chi connectivity index (χ0v) is 16.3. The molecule has 7 nitrogen and oxygen atoms in total. The fraction of sp³-hybridized carbons (Fsp3) is 0.118. The molecule has 27 heavy (non-hydrogen) atoms. The van der Waals surface area contributed by atoms with Gasteiger partial charge in [-0.15, -0.1) is 0 Å². The van der Waals surface area contributed by atoms with Crippen LogP contribution in [-0.2, 0) is 4.79 Å².